The summed E-state index contributed by atoms with van der Waals surface area (Å²) in [5.74, 6) is 0.0857. The Bertz CT molecular complexity index is 230. The van der Waals surface area contributed by atoms with Gasteiger partial charge in [0.25, 0.3) is 0 Å². The fourth-order valence-electron chi connectivity index (χ4n) is 2.90. The van der Waals surface area contributed by atoms with Crippen LogP contribution in [0.4, 0.5) is 0 Å². The molecule has 0 amide bonds. The Hall–Kier alpha value is -0.570. The van der Waals surface area contributed by atoms with Crippen molar-refractivity contribution < 1.29 is 9.90 Å². The van der Waals surface area contributed by atoms with Crippen molar-refractivity contribution in [1.29, 1.82) is 0 Å². The second-order valence-electron chi connectivity index (χ2n) is 5.47. The summed E-state index contributed by atoms with van der Waals surface area (Å²) in [7, 11) is 0. The molecule has 0 radical (unpaired) electrons. The lowest BCUT2D eigenvalue weighted by atomic mass is 9.95. The molecule has 0 aromatic heterocycles. The van der Waals surface area contributed by atoms with E-state index in [2.05, 4.69) is 18.7 Å². The summed E-state index contributed by atoms with van der Waals surface area (Å²) in [5, 5.41) is 8.78. The lowest BCUT2D eigenvalue weighted by Gasteiger charge is -2.37. The highest BCUT2D eigenvalue weighted by Gasteiger charge is 2.23. The molecule has 0 spiro atoms. The second kappa shape index (κ2) is 7.70. The van der Waals surface area contributed by atoms with E-state index in [1.165, 1.54) is 38.6 Å². The van der Waals surface area contributed by atoms with Crippen molar-refractivity contribution in [3.8, 4) is 0 Å². The van der Waals surface area contributed by atoms with Crippen LogP contribution in [-0.4, -0.2) is 35.1 Å². The molecule has 0 aliphatic carbocycles. The van der Waals surface area contributed by atoms with Gasteiger partial charge in [-0.25, -0.2) is 0 Å². The maximum absolute atomic E-state index is 10.7. The van der Waals surface area contributed by atoms with Gasteiger partial charge in [-0.05, 0) is 38.1 Å². The zero-order valence-electron chi connectivity index (χ0n) is 11.3. The molecule has 0 saturated carbocycles. The fraction of sp³-hybridized carbons (Fsp3) is 0.929. The predicted octanol–water partition coefficient (Wildman–Crippen LogP) is 3.14. The highest BCUT2D eigenvalue weighted by Crippen LogP contribution is 2.22. The number of carboxylic acids is 1. The number of carboxylic acid groups (broad SMARTS) is 1. The molecule has 1 N–H and O–H groups in total. The molecule has 17 heavy (non-hydrogen) atoms. The largest absolute Gasteiger partial charge is 0.481 e. The molecule has 3 heteroatoms. The highest BCUT2D eigenvalue weighted by atomic mass is 16.4. The molecule has 2 atom stereocenters. The Balaban J connectivity index is 2.39. The van der Waals surface area contributed by atoms with Crippen molar-refractivity contribution >= 4 is 5.97 Å². The van der Waals surface area contributed by atoms with E-state index in [0.717, 1.165) is 18.9 Å². The van der Waals surface area contributed by atoms with E-state index < -0.39 is 5.97 Å². The number of rotatable bonds is 7. The van der Waals surface area contributed by atoms with Gasteiger partial charge in [0.2, 0.25) is 0 Å². The summed E-state index contributed by atoms with van der Waals surface area (Å²) < 4.78 is 0. The Morgan fingerprint density at radius 2 is 2.24 bits per heavy atom. The van der Waals surface area contributed by atoms with Gasteiger partial charge in [0, 0.05) is 19.0 Å². The average molecular weight is 241 g/mol. The molecular formula is C14H27NO2. The van der Waals surface area contributed by atoms with Gasteiger partial charge in [-0.1, -0.05) is 26.7 Å². The van der Waals surface area contributed by atoms with Crippen LogP contribution < -0.4 is 0 Å². The molecule has 0 bridgehead atoms. The number of hydrogen-bond acceptors (Lipinski definition) is 2. The summed E-state index contributed by atoms with van der Waals surface area (Å²) in [6.45, 7) is 6.86. The molecule has 1 saturated heterocycles. The molecule has 3 nitrogen and oxygen atoms in total. The zero-order chi connectivity index (χ0) is 12.7. The third-order valence-corrected chi connectivity index (χ3v) is 3.77. The van der Waals surface area contributed by atoms with Crippen LogP contribution in [0, 0.1) is 5.92 Å². The first kappa shape index (κ1) is 14.5. The van der Waals surface area contributed by atoms with Crippen molar-refractivity contribution in [2.24, 2.45) is 5.92 Å². The second-order valence-corrected chi connectivity index (χ2v) is 5.47. The van der Waals surface area contributed by atoms with Crippen molar-refractivity contribution in [1.82, 2.24) is 4.90 Å². The molecule has 1 heterocycles. The van der Waals surface area contributed by atoms with Gasteiger partial charge in [-0.15, -0.1) is 0 Å². The number of carbonyl (C=O) groups is 1. The summed E-state index contributed by atoms with van der Waals surface area (Å²) in [4.78, 5) is 13.2. The first-order chi connectivity index (χ1) is 8.13. The van der Waals surface area contributed by atoms with Crippen molar-refractivity contribution in [2.45, 2.75) is 64.8 Å². The lowest BCUT2D eigenvalue weighted by molar-refractivity contribution is -0.137. The summed E-state index contributed by atoms with van der Waals surface area (Å²) in [5.41, 5.74) is 0. The first-order valence-corrected chi connectivity index (χ1v) is 7.09. The normalized spacial score (nSPS) is 23.5. The SMILES string of the molecule is CCCC(C)CN1CCCCC1CCC(=O)O. The van der Waals surface area contributed by atoms with Crippen LogP contribution >= 0.6 is 0 Å². The predicted molar refractivity (Wildman–Crippen MR) is 70.2 cm³/mol. The molecule has 100 valence electrons. The minimum atomic E-state index is -0.655. The van der Waals surface area contributed by atoms with Gasteiger partial charge in [0.05, 0.1) is 0 Å². The Morgan fingerprint density at radius 3 is 2.88 bits per heavy atom. The quantitative estimate of drug-likeness (QED) is 0.744. The van der Waals surface area contributed by atoms with Crippen LogP contribution in [0.5, 0.6) is 0 Å². The standard InChI is InChI=1S/C14H27NO2/c1-3-6-12(2)11-15-10-5-4-7-13(15)8-9-14(16)17/h12-13H,3-11H2,1-2H3,(H,16,17). The molecule has 1 rings (SSSR count). The van der Waals surface area contributed by atoms with Crippen molar-refractivity contribution in [2.75, 3.05) is 13.1 Å². The minimum Gasteiger partial charge on any atom is -0.481 e. The lowest BCUT2D eigenvalue weighted by Crippen LogP contribution is -2.42. The van der Waals surface area contributed by atoms with E-state index in [-0.39, 0.29) is 0 Å². The fourth-order valence-corrected chi connectivity index (χ4v) is 2.90. The van der Waals surface area contributed by atoms with Crippen LogP contribution in [0.3, 0.4) is 0 Å². The molecule has 0 aromatic rings. The highest BCUT2D eigenvalue weighted by molar-refractivity contribution is 5.66. The van der Waals surface area contributed by atoms with Gasteiger partial charge in [-0.2, -0.15) is 0 Å². The summed E-state index contributed by atoms with van der Waals surface area (Å²) in [6.07, 6.45) is 7.41. The maximum atomic E-state index is 10.7. The van der Waals surface area contributed by atoms with Crippen molar-refractivity contribution in [3.05, 3.63) is 0 Å². The van der Waals surface area contributed by atoms with Crippen LogP contribution in [-0.2, 0) is 4.79 Å². The van der Waals surface area contributed by atoms with Crippen LogP contribution in [0.2, 0.25) is 0 Å². The van der Waals surface area contributed by atoms with E-state index in [0.29, 0.717) is 12.5 Å². The summed E-state index contributed by atoms with van der Waals surface area (Å²) >= 11 is 0. The number of likely N-dealkylation sites (tertiary alicyclic amines) is 1. The van der Waals surface area contributed by atoms with Gasteiger partial charge in [-0.3, -0.25) is 4.79 Å². The summed E-state index contributed by atoms with van der Waals surface area (Å²) in [6, 6.07) is 0.513. The third-order valence-electron chi connectivity index (χ3n) is 3.77. The van der Waals surface area contributed by atoms with Crippen LogP contribution in [0.1, 0.15) is 58.8 Å². The molecule has 1 aliphatic rings. The molecule has 1 aliphatic heterocycles. The van der Waals surface area contributed by atoms with Gasteiger partial charge >= 0.3 is 5.97 Å². The Kier molecular flexibility index (Phi) is 6.56. The van der Waals surface area contributed by atoms with Crippen LogP contribution in [0.15, 0.2) is 0 Å². The average Bonchev–Trinajstić information content (AvgIpc) is 2.28. The van der Waals surface area contributed by atoms with E-state index in [1.807, 2.05) is 0 Å². The molecule has 1 fully saturated rings. The first-order valence-electron chi connectivity index (χ1n) is 7.09. The van der Waals surface area contributed by atoms with Crippen molar-refractivity contribution in [3.63, 3.8) is 0 Å². The Morgan fingerprint density at radius 1 is 1.47 bits per heavy atom. The third kappa shape index (κ3) is 5.53. The van der Waals surface area contributed by atoms with E-state index in [4.69, 9.17) is 5.11 Å². The smallest absolute Gasteiger partial charge is 0.303 e. The van der Waals surface area contributed by atoms with E-state index >= 15 is 0 Å². The topological polar surface area (TPSA) is 40.5 Å². The zero-order valence-corrected chi connectivity index (χ0v) is 11.3. The minimum absolute atomic E-state index is 0.323. The van der Waals surface area contributed by atoms with Crippen LogP contribution in [0.25, 0.3) is 0 Å². The van der Waals surface area contributed by atoms with E-state index in [1.54, 1.807) is 0 Å². The van der Waals surface area contributed by atoms with Gasteiger partial charge in [0.15, 0.2) is 0 Å². The number of piperidine rings is 1. The number of hydrogen-bond donors (Lipinski definition) is 1. The molecule has 2 unspecified atom stereocenters. The number of aliphatic carboxylic acids is 1. The number of nitrogens with zero attached hydrogens (tertiary/aromatic N) is 1. The van der Waals surface area contributed by atoms with Gasteiger partial charge < -0.3 is 10.0 Å². The molecule has 0 aromatic carbocycles. The molecular weight excluding hydrogens is 214 g/mol. The monoisotopic (exact) mass is 241 g/mol. The van der Waals surface area contributed by atoms with Gasteiger partial charge in [0.1, 0.15) is 0 Å². The van der Waals surface area contributed by atoms with E-state index in [9.17, 15) is 4.79 Å². The Labute approximate surface area is 105 Å². The maximum Gasteiger partial charge on any atom is 0.303 e.